The molecule has 10 nitrogen and oxygen atoms in total. The zero-order valence-corrected chi connectivity index (χ0v) is 33.3. The quantitative estimate of drug-likeness (QED) is 0.102. The summed E-state index contributed by atoms with van der Waals surface area (Å²) in [6.45, 7) is 8.16. The average Bonchev–Trinajstić information content (AvgIpc) is 3.46. The second-order valence-corrected chi connectivity index (χ2v) is 14.4. The largest absolute Gasteiger partial charge is 0.496 e. The highest BCUT2D eigenvalue weighted by molar-refractivity contribution is 14.1. The molecule has 0 radical (unpaired) electrons. The van der Waals surface area contributed by atoms with Gasteiger partial charge in [-0.3, -0.25) is 0 Å². The smallest absolute Gasteiger partial charge is 0.161 e. The number of aliphatic hydroxyl groups excluding tert-OH is 2. The Hall–Kier alpha value is -3.91. The van der Waals surface area contributed by atoms with Crippen molar-refractivity contribution in [2.75, 3.05) is 35.5 Å². The van der Waals surface area contributed by atoms with E-state index in [4.69, 9.17) is 33.2 Å². The number of aliphatic hydroxyl groups is 2. The lowest BCUT2D eigenvalue weighted by Crippen LogP contribution is -2.23. The third-order valence-corrected chi connectivity index (χ3v) is 11.0. The van der Waals surface area contributed by atoms with Crippen molar-refractivity contribution in [1.29, 1.82) is 0 Å². The number of benzene rings is 4. The maximum atomic E-state index is 11.1. The summed E-state index contributed by atoms with van der Waals surface area (Å²) in [5.74, 6) is 4.73. The molecule has 0 amide bonds. The van der Waals surface area contributed by atoms with E-state index in [0.29, 0.717) is 46.0 Å². The van der Waals surface area contributed by atoms with Gasteiger partial charge in [-0.25, -0.2) is 0 Å². The summed E-state index contributed by atoms with van der Waals surface area (Å²) >= 11 is 2.19. The first kappa shape index (κ1) is 39.3. The molecule has 280 valence electrons. The van der Waals surface area contributed by atoms with Crippen molar-refractivity contribution in [3.63, 3.8) is 0 Å². The molecule has 0 saturated carbocycles. The van der Waals surface area contributed by atoms with E-state index >= 15 is 0 Å². The Bertz CT molecular complexity index is 1820. The van der Waals surface area contributed by atoms with Gasteiger partial charge in [0.05, 0.1) is 39.1 Å². The van der Waals surface area contributed by atoms with Crippen molar-refractivity contribution < 1.29 is 43.4 Å². The molecule has 52 heavy (non-hydrogen) atoms. The second-order valence-electron chi connectivity index (χ2n) is 13.2. The van der Waals surface area contributed by atoms with Crippen LogP contribution in [0.1, 0.15) is 74.2 Å². The van der Waals surface area contributed by atoms with Gasteiger partial charge in [0.15, 0.2) is 34.5 Å². The molecule has 0 unspecified atom stereocenters. The molecule has 8 atom stereocenters. The number of nitrogens with one attached hydrogen (secondary N) is 1. The Kier molecular flexibility index (Phi) is 13.1. The molecule has 1 aliphatic heterocycles. The van der Waals surface area contributed by atoms with Gasteiger partial charge in [-0.2, -0.15) is 0 Å². The molecular formula is C41H50INO9. The van der Waals surface area contributed by atoms with Crippen molar-refractivity contribution in [2.45, 2.75) is 64.2 Å². The van der Waals surface area contributed by atoms with Gasteiger partial charge in [0, 0.05) is 12.1 Å². The van der Waals surface area contributed by atoms with Crippen LogP contribution >= 0.6 is 22.6 Å². The third-order valence-electron chi connectivity index (χ3n) is 10.1. The summed E-state index contributed by atoms with van der Waals surface area (Å²) in [4.78, 5) is 0. The fourth-order valence-electron chi connectivity index (χ4n) is 6.83. The Morgan fingerprint density at radius 3 is 1.33 bits per heavy atom. The van der Waals surface area contributed by atoms with Crippen LogP contribution in [0.2, 0.25) is 0 Å². The fraction of sp³-hybridized carbons (Fsp3) is 0.415. The fourth-order valence-corrected chi connectivity index (χ4v) is 7.59. The molecule has 11 heteroatoms. The van der Waals surface area contributed by atoms with Crippen molar-refractivity contribution in [3.8, 4) is 40.2 Å². The van der Waals surface area contributed by atoms with E-state index < -0.39 is 24.4 Å². The van der Waals surface area contributed by atoms with Crippen LogP contribution in [0.25, 0.3) is 0 Å². The van der Waals surface area contributed by atoms with Crippen LogP contribution in [0, 0.1) is 15.4 Å². The van der Waals surface area contributed by atoms with Crippen LogP contribution in [0.3, 0.4) is 0 Å². The van der Waals surface area contributed by atoms with Gasteiger partial charge in [0.1, 0.15) is 30.2 Å². The summed E-state index contributed by atoms with van der Waals surface area (Å²) in [6.07, 6.45) is -2.87. The standard InChI is InChI=1S/C41H50INO9/c1-22-23(2)39(27-11-17-34(37(20-27)50-9)52-25(4)41(45)29-13-15-32(47-6)35(21-29)48-7)43-38(22)26-10-16-33(36(19-26)49-8)51-24(3)40(44)28-12-14-31(46-5)30(42)18-28/h10-25,38-41,43-45H,1-9H3/t22-,23-,24-,25-,38+,39+,40+,41+/m1/s1. The summed E-state index contributed by atoms with van der Waals surface area (Å²) in [6, 6.07) is 22.9. The topological polar surface area (TPSA) is 117 Å². The highest BCUT2D eigenvalue weighted by Gasteiger charge is 2.39. The highest BCUT2D eigenvalue weighted by atomic mass is 127. The van der Waals surface area contributed by atoms with Gasteiger partial charge in [0.25, 0.3) is 0 Å². The van der Waals surface area contributed by atoms with Crippen LogP contribution in [0.5, 0.6) is 40.2 Å². The molecule has 4 aromatic carbocycles. The monoisotopic (exact) mass is 827 g/mol. The van der Waals surface area contributed by atoms with Gasteiger partial charge < -0.3 is 48.7 Å². The maximum Gasteiger partial charge on any atom is 0.161 e. The predicted octanol–water partition coefficient (Wildman–Crippen LogP) is 7.99. The highest BCUT2D eigenvalue weighted by Crippen LogP contribution is 2.47. The van der Waals surface area contributed by atoms with Crippen molar-refractivity contribution >= 4 is 22.6 Å². The minimum atomic E-state index is -0.915. The normalized spacial score (nSPS) is 20.7. The van der Waals surface area contributed by atoms with Gasteiger partial charge in [-0.05, 0) is 119 Å². The van der Waals surface area contributed by atoms with Gasteiger partial charge in [-0.1, -0.05) is 38.1 Å². The summed E-state index contributed by atoms with van der Waals surface area (Å²) in [5.41, 5.74) is 3.54. The van der Waals surface area contributed by atoms with Crippen LogP contribution in [-0.2, 0) is 0 Å². The average molecular weight is 828 g/mol. The van der Waals surface area contributed by atoms with Crippen LogP contribution in [0.15, 0.2) is 72.8 Å². The third kappa shape index (κ3) is 8.33. The summed E-state index contributed by atoms with van der Waals surface area (Å²) < 4.78 is 41.1. The molecule has 4 aromatic rings. The molecule has 1 saturated heterocycles. The SMILES string of the molecule is COc1ccc([C@@H](O)[C@@H](C)Oc2ccc([C@H]3N[C@H](c4ccc(O[C@H](C)[C@H](O)c5ccc(OC)c(OC)c5)c(OC)c4)[C@H](C)[C@H]3C)cc2OC)cc1I. The Labute approximate surface area is 320 Å². The second kappa shape index (κ2) is 17.3. The van der Waals surface area contributed by atoms with Gasteiger partial charge in [0.2, 0.25) is 0 Å². The molecule has 1 fully saturated rings. The number of rotatable bonds is 15. The Balaban J connectivity index is 1.29. The number of hydrogen-bond acceptors (Lipinski definition) is 10. The maximum absolute atomic E-state index is 11.1. The van der Waals surface area contributed by atoms with Crippen molar-refractivity contribution in [2.24, 2.45) is 11.8 Å². The number of methoxy groups -OCH3 is 5. The van der Waals surface area contributed by atoms with Crippen molar-refractivity contribution in [3.05, 3.63) is 98.6 Å². The predicted molar refractivity (Wildman–Crippen MR) is 208 cm³/mol. The first-order chi connectivity index (χ1) is 24.9. The van der Waals surface area contributed by atoms with Gasteiger partial charge >= 0.3 is 0 Å². The number of hydrogen-bond donors (Lipinski definition) is 3. The molecule has 0 bridgehead atoms. The molecule has 1 aliphatic rings. The van der Waals surface area contributed by atoms with E-state index in [0.717, 1.165) is 26.0 Å². The first-order valence-electron chi connectivity index (χ1n) is 17.3. The Morgan fingerprint density at radius 1 is 0.519 bits per heavy atom. The minimum Gasteiger partial charge on any atom is -0.496 e. The number of ether oxygens (including phenoxy) is 7. The van der Waals surface area contributed by atoms with E-state index in [9.17, 15) is 10.2 Å². The van der Waals surface area contributed by atoms with E-state index in [1.54, 1.807) is 53.7 Å². The summed E-state index contributed by atoms with van der Waals surface area (Å²) in [7, 11) is 8.00. The van der Waals surface area contributed by atoms with E-state index in [2.05, 4.69) is 47.8 Å². The van der Waals surface area contributed by atoms with E-state index in [-0.39, 0.29) is 18.0 Å². The van der Waals surface area contributed by atoms with Crippen LogP contribution < -0.4 is 38.5 Å². The van der Waals surface area contributed by atoms with Gasteiger partial charge in [-0.15, -0.1) is 0 Å². The number of halogens is 1. The van der Waals surface area contributed by atoms with Crippen LogP contribution in [0.4, 0.5) is 0 Å². The minimum absolute atomic E-state index is 0.0436. The summed E-state index contributed by atoms with van der Waals surface area (Å²) in [5, 5.41) is 26.0. The zero-order chi connectivity index (χ0) is 37.7. The van der Waals surface area contributed by atoms with Crippen molar-refractivity contribution in [1.82, 2.24) is 5.32 Å². The van der Waals surface area contributed by atoms with E-state index in [1.807, 2.05) is 62.4 Å². The Morgan fingerprint density at radius 2 is 0.904 bits per heavy atom. The van der Waals surface area contributed by atoms with E-state index in [1.165, 1.54) is 0 Å². The molecule has 3 N–H and O–H groups in total. The first-order valence-corrected chi connectivity index (χ1v) is 18.4. The molecule has 0 aliphatic carbocycles. The zero-order valence-electron chi connectivity index (χ0n) is 31.2. The molecule has 1 heterocycles. The molecule has 5 rings (SSSR count). The lowest BCUT2D eigenvalue weighted by Gasteiger charge is -2.24. The van der Waals surface area contributed by atoms with Crippen LogP contribution in [-0.4, -0.2) is 58.0 Å². The lowest BCUT2D eigenvalue weighted by atomic mass is 9.85. The molecule has 0 aromatic heterocycles. The molecule has 0 spiro atoms. The lowest BCUT2D eigenvalue weighted by molar-refractivity contribution is 0.0449. The molecular weight excluding hydrogens is 777 g/mol.